The van der Waals surface area contributed by atoms with Gasteiger partial charge in [0.1, 0.15) is 24.1 Å². The van der Waals surface area contributed by atoms with Gasteiger partial charge in [0, 0.05) is 20.5 Å². The van der Waals surface area contributed by atoms with E-state index in [9.17, 15) is 14.4 Å². The molecule has 5 rings (SSSR count). The van der Waals surface area contributed by atoms with Gasteiger partial charge in [-0.3, -0.25) is 23.3 Å². The van der Waals surface area contributed by atoms with Crippen molar-refractivity contribution in [1.29, 1.82) is 0 Å². The first-order valence-corrected chi connectivity index (χ1v) is 11.1. The molecule has 12 heteroatoms. The lowest BCUT2D eigenvalue weighted by atomic mass is 10.0. The van der Waals surface area contributed by atoms with E-state index in [0.717, 1.165) is 10.1 Å². The fraction of sp³-hybridized carbons (Fsp3) is 0.261. The smallest absolute Gasteiger partial charge is 0.332 e. The standard InChI is InChI=1S/C23H21ClN6O5/c1-27-20-19(21(32)28(2)23(27)33)29(22(24)25-20)12-18(31)30-16(17-5-4-10-35-17)11-15(26-30)13-6-8-14(34-3)9-7-13/h4-10,16H,11-12H2,1-3H3. The Morgan fingerprint density at radius 1 is 1.17 bits per heavy atom. The van der Waals surface area contributed by atoms with Crippen LogP contribution in [0, 0.1) is 0 Å². The molecule has 11 nitrogen and oxygen atoms in total. The second-order valence-electron chi connectivity index (χ2n) is 8.09. The number of hydrogen-bond acceptors (Lipinski definition) is 7. The van der Waals surface area contributed by atoms with Crippen LogP contribution in [0.5, 0.6) is 5.75 Å². The molecule has 1 amide bonds. The number of hydrogen-bond donors (Lipinski definition) is 0. The van der Waals surface area contributed by atoms with E-state index in [4.69, 9.17) is 20.8 Å². The van der Waals surface area contributed by atoms with Crippen molar-refractivity contribution in [2.45, 2.75) is 19.0 Å². The Bertz CT molecular complexity index is 1580. The highest BCUT2D eigenvalue weighted by Crippen LogP contribution is 2.34. The third-order valence-electron chi connectivity index (χ3n) is 6.06. The summed E-state index contributed by atoms with van der Waals surface area (Å²) >= 11 is 6.31. The number of imidazole rings is 1. The molecule has 35 heavy (non-hydrogen) atoms. The number of hydrazone groups is 1. The fourth-order valence-electron chi connectivity index (χ4n) is 4.17. The fourth-order valence-corrected chi connectivity index (χ4v) is 4.40. The van der Waals surface area contributed by atoms with Crippen LogP contribution in [-0.4, -0.2) is 42.4 Å². The van der Waals surface area contributed by atoms with Crippen molar-refractivity contribution in [2.24, 2.45) is 19.2 Å². The Hall–Kier alpha value is -4.12. The molecule has 0 fully saturated rings. The van der Waals surface area contributed by atoms with Gasteiger partial charge in [0.05, 0.1) is 19.1 Å². The summed E-state index contributed by atoms with van der Waals surface area (Å²) in [6, 6.07) is 10.4. The largest absolute Gasteiger partial charge is 0.497 e. The zero-order chi connectivity index (χ0) is 24.9. The van der Waals surface area contributed by atoms with E-state index in [1.54, 1.807) is 19.2 Å². The zero-order valence-corrected chi connectivity index (χ0v) is 19.9. The van der Waals surface area contributed by atoms with Gasteiger partial charge in [-0.1, -0.05) is 0 Å². The molecule has 0 spiro atoms. The number of furan rings is 1. The number of carbonyl (C=O) groups excluding carboxylic acids is 1. The molecule has 1 unspecified atom stereocenters. The lowest BCUT2D eigenvalue weighted by Crippen LogP contribution is -2.38. The Labute approximate surface area is 203 Å². The number of methoxy groups -OCH3 is 1. The Balaban J connectivity index is 1.54. The number of halogens is 1. The third-order valence-corrected chi connectivity index (χ3v) is 6.34. The number of aryl methyl sites for hydroxylation is 1. The van der Waals surface area contributed by atoms with Crippen molar-refractivity contribution in [3.63, 3.8) is 0 Å². The maximum Gasteiger partial charge on any atom is 0.332 e. The van der Waals surface area contributed by atoms with Crippen LogP contribution in [0.15, 0.2) is 61.8 Å². The van der Waals surface area contributed by atoms with Crippen LogP contribution < -0.4 is 16.0 Å². The molecule has 1 aliphatic heterocycles. The highest BCUT2D eigenvalue weighted by molar-refractivity contribution is 6.29. The van der Waals surface area contributed by atoms with E-state index < -0.39 is 23.2 Å². The molecule has 4 heterocycles. The predicted octanol–water partition coefficient (Wildman–Crippen LogP) is 2.07. The van der Waals surface area contributed by atoms with Gasteiger partial charge in [0.2, 0.25) is 5.28 Å². The van der Waals surface area contributed by atoms with Crippen LogP contribution in [0.25, 0.3) is 11.2 Å². The van der Waals surface area contributed by atoms with Crippen molar-refractivity contribution in [3.8, 4) is 5.75 Å². The molecule has 1 atom stereocenters. The molecule has 4 aromatic rings. The summed E-state index contributed by atoms with van der Waals surface area (Å²) in [6.07, 6.45) is 1.97. The lowest BCUT2D eigenvalue weighted by Gasteiger charge is -2.20. The summed E-state index contributed by atoms with van der Waals surface area (Å²) in [5, 5.41) is 5.85. The molecule has 0 N–H and O–H groups in total. The zero-order valence-electron chi connectivity index (χ0n) is 19.1. The quantitative estimate of drug-likeness (QED) is 0.390. The monoisotopic (exact) mass is 496 g/mol. The number of carbonyl (C=O) groups is 1. The first kappa shape index (κ1) is 22.7. The van der Waals surface area contributed by atoms with Crippen LogP contribution >= 0.6 is 11.6 Å². The number of aromatic nitrogens is 4. The van der Waals surface area contributed by atoms with E-state index in [1.807, 2.05) is 24.3 Å². The summed E-state index contributed by atoms with van der Waals surface area (Å²) in [7, 11) is 4.43. The van der Waals surface area contributed by atoms with Crippen molar-refractivity contribution in [1.82, 2.24) is 23.7 Å². The maximum atomic E-state index is 13.5. The van der Waals surface area contributed by atoms with Crippen molar-refractivity contribution in [2.75, 3.05) is 7.11 Å². The van der Waals surface area contributed by atoms with Gasteiger partial charge in [-0.05, 0) is 53.6 Å². The van der Waals surface area contributed by atoms with Crippen LogP contribution in [0.4, 0.5) is 0 Å². The van der Waals surface area contributed by atoms with Gasteiger partial charge in [-0.15, -0.1) is 0 Å². The normalized spacial score (nSPS) is 15.6. The molecule has 0 saturated carbocycles. The minimum atomic E-state index is -0.596. The maximum absolute atomic E-state index is 13.5. The van der Waals surface area contributed by atoms with Gasteiger partial charge in [0.25, 0.3) is 11.5 Å². The molecular formula is C23H21ClN6O5. The van der Waals surface area contributed by atoms with Gasteiger partial charge in [-0.2, -0.15) is 10.1 Å². The van der Waals surface area contributed by atoms with Gasteiger partial charge in [-0.25, -0.2) is 9.80 Å². The number of ether oxygens (including phenoxy) is 1. The summed E-state index contributed by atoms with van der Waals surface area (Å²) in [4.78, 5) is 42.8. The number of nitrogens with zero attached hydrogens (tertiary/aromatic N) is 6. The summed E-state index contributed by atoms with van der Waals surface area (Å²) < 4.78 is 14.3. The van der Waals surface area contributed by atoms with Crippen molar-refractivity contribution >= 4 is 34.4 Å². The molecule has 180 valence electrons. The first-order valence-electron chi connectivity index (χ1n) is 10.7. The minimum Gasteiger partial charge on any atom is -0.497 e. The first-order chi connectivity index (χ1) is 16.8. The average molecular weight is 497 g/mol. The van der Waals surface area contributed by atoms with E-state index in [2.05, 4.69) is 10.1 Å². The van der Waals surface area contributed by atoms with Crippen molar-refractivity contribution in [3.05, 3.63) is 80.1 Å². The van der Waals surface area contributed by atoms with Crippen LogP contribution in [0.1, 0.15) is 23.8 Å². The van der Waals surface area contributed by atoms with Crippen LogP contribution in [0.2, 0.25) is 5.28 Å². The van der Waals surface area contributed by atoms with Crippen LogP contribution in [-0.2, 0) is 25.4 Å². The average Bonchev–Trinajstić information content (AvgIpc) is 3.61. The molecule has 0 radical (unpaired) electrons. The van der Waals surface area contributed by atoms with Gasteiger partial charge in [0.15, 0.2) is 11.2 Å². The third kappa shape index (κ3) is 3.73. The van der Waals surface area contributed by atoms with E-state index in [1.165, 1.54) is 34.5 Å². The Morgan fingerprint density at radius 3 is 2.57 bits per heavy atom. The number of amides is 1. The molecular weight excluding hydrogens is 476 g/mol. The second-order valence-corrected chi connectivity index (χ2v) is 8.43. The Kier molecular flexibility index (Phi) is 5.56. The van der Waals surface area contributed by atoms with Gasteiger partial charge < -0.3 is 9.15 Å². The summed E-state index contributed by atoms with van der Waals surface area (Å²) in [5.41, 5.74) is 0.557. The van der Waals surface area contributed by atoms with Gasteiger partial charge >= 0.3 is 5.69 Å². The minimum absolute atomic E-state index is 0.0565. The van der Waals surface area contributed by atoms with E-state index in [0.29, 0.717) is 23.6 Å². The van der Waals surface area contributed by atoms with Crippen molar-refractivity contribution < 1.29 is 13.9 Å². The van der Waals surface area contributed by atoms with Crippen LogP contribution in [0.3, 0.4) is 0 Å². The molecule has 0 saturated heterocycles. The number of fused-ring (bicyclic) bond motifs is 1. The highest BCUT2D eigenvalue weighted by atomic mass is 35.5. The van der Waals surface area contributed by atoms with E-state index in [-0.39, 0.29) is 23.0 Å². The lowest BCUT2D eigenvalue weighted by molar-refractivity contribution is -0.133. The molecule has 0 bridgehead atoms. The SMILES string of the molecule is COc1ccc(C2=NN(C(=O)Cn3c(Cl)nc4c3c(=O)n(C)c(=O)n4C)C(c3ccco3)C2)cc1. The number of rotatable bonds is 5. The Morgan fingerprint density at radius 2 is 1.91 bits per heavy atom. The second kappa shape index (κ2) is 8.58. The summed E-state index contributed by atoms with van der Waals surface area (Å²) in [6.45, 7) is -0.306. The highest BCUT2D eigenvalue weighted by Gasteiger charge is 2.35. The number of benzene rings is 1. The molecule has 1 aromatic carbocycles. The predicted molar refractivity (Wildman–Crippen MR) is 128 cm³/mol. The summed E-state index contributed by atoms with van der Waals surface area (Å²) in [5.74, 6) is 0.859. The molecule has 0 aliphatic carbocycles. The topological polar surface area (TPSA) is 117 Å². The van der Waals surface area contributed by atoms with E-state index >= 15 is 0 Å². The molecule has 1 aliphatic rings. The molecule has 3 aromatic heterocycles.